The topological polar surface area (TPSA) is 47.0 Å². The van der Waals surface area contributed by atoms with Gasteiger partial charge in [0.15, 0.2) is 0 Å². The van der Waals surface area contributed by atoms with E-state index in [4.69, 9.17) is 4.74 Å². The first-order valence-electron chi connectivity index (χ1n) is 4.59. The summed E-state index contributed by atoms with van der Waals surface area (Å²) in [5, 5.41) is 3.02. The monoisotopic (exact) mass is 193 g/mol. The lowest BCUT2D eigenvalue weighted by Gasteiger charge is -2.07. The SMILES string of the molecule is C=CCOc1nc(NCC)ncc1C. The summed E-state index contributed by atoms with van der Waals surface area (Å²) in [6, 6.07) is 0. The van der Waals surface area contributed by atoms with Gasteiger partial charge >= 0.3 is 0 Å². The molecule has 4 nitrogen and oxygen atoms in total. The molecule has 0 unspecified atom stereocenters. The second-order valence-corrected chi connectivity index (χ2v) is 2.81. The van der Waals surface area contributed by atoms with Crippen molar-refractivity contribution in [2.75, 3.05) is 18.5 Å². The molecule has 0 atom stereocenters. The van der Waals surface area contributed by atoms with Gasteiger partial charge in [-0.05, 0) is 13.8 Å². The highest BCUT2D eigenvalue weighted by atomic mass is 16.5. The second-order valence-electron chi connectivity index (χ2n) is 2.81. The number of hydrogen-bond donors (Lipinski definition) is 1. The minimum atomic E-state index is 0.462. The van der Waals surface area contributed by atoms with E-state index in [0.29, 0.717) is 18.4 Å². The molecule has 0 bridgehead atoms. The molecule has 1 aromatic rings. The highest BCUT2D eigenvalue weighted by Crippen LogP contribution is 2.14. The molecule has 0 fully saturated rings. The van der Waals surface area contributed by atoms with Gasteiger partial charge in [-0.2, -0.15) is 4.98 Å². The molecule has 0 radical (unpaired) electrons. The summed E-state index contributed by atoms with van der Waals surface area (Å²) in [4.78, 5) is 8.32. The van der Waals surface area contributed by atoms with Gasteiger partial charge in [0.05, 0.1) is 0 Å². The second kappa shape index (κ2) is 5.21. The number of rotatable bonds is 5. The van der Waals surface area contributed by atoms with Crippen molar-refractivity contribution < 1.29 is 4.74 Å². The molecule has 0 saturated carbocycles. The van der Waals surface area contributed by atoms with Crippen LogP contribution in [0.3, 0.4) is 0 Å². The molecule has 0 aliphatic heterocycles. The predicted octanol–water partition coefficient (Wildman–Crippen LogP) is 1.78. The first kappa shape index (κ1) is 10.5. The van der Waals surface area contributed by atoms with Crippen LogP contribution in [0, 0.1) is 6.92 Å². The lowest BCUT2D eigenvalue weighted by Crippen LogP contribution is -2.05. The number of nitrogens with one attached hydrogen (secondary N) is 1. The molecule has 14 heavy (non-hydrogen) atoms. The molecular formula is C10H15N3O. The van der Waals surface area contributed by atoms with E-state index in [9.17, 15) is 0 Å². The van der Waals surface area contributed by atoms with Crippen LogP contribution in [0.4, 0.5) is 5.95 Å². The van der Waals surface area contributed by atoms with Crippen molar-refractivity contribution in [3.63, 3.8) is 0 Å². The number of aryl methyl sites for hydroxylation is 1. The fourth-order valence-electron chi connectivity index (χ4n) is 0.954. The van der Waals surface area contributed by atoms with Crippen molar-refractivity contribution in [2.24, 2.45) is 0 Å². The summed E-state index contributed by atoms with van der Waals surface area (Å²) in [5.74, 6) is 1.20. The van der Waals surface area contributed by atoms with Crippen molar-refractivity contribution in [2.45, 2.75) is 13.8 Å². The number of aromatic nitrogens is 2. The van der Waals surface area contributed by atoms with Gasteiger partial charge in [-0.1, -0.05) is 12.7 Å². The number of hydrogen-bond acceptors (Lipinski definition) is 4. The molecule has 1 N–H and O–H groups in total. The van der Waals surface area contributed by atoms with Crippen LogP contribution in [0.25, 0.3) is 0 Å². The molecule has 1 heterocycles. The van der Waals surface area contributed by atoms with E-state index >= 15 is 0 Å². The summed E-state index contributed by atoms with van der Waals surface area (Å²) >= 11 is 0. The van der Waals surface area contributed by atoms with Crippen LogP contribution in [0.15, 0.2) is 18.9 Å². The summed E-state index contributed by atoms with van der Waals surface area (Å²) in [6.45, 7) is 8.74. The molecule has 0 saturated heterocycles. The maximum atomic E-state index is 5.36. The van der Waals surface area contributed by atoms with Crippen LogP contribution in [0.5, 0.6) is 5.88 Å². The molecule has 0 spiro atoms. The third-order valence-electron chi connectivity index (χ3n) is 1.60. The third kappa shape index (κ3) is 2.73. The molecule has 1 rings (SSSR count). The molecule has 4 heteroatoms. The van der Waals surface area contributed by atoms with Gasteiger partial charge in [0, 0.05) is 18.3 Å². The quantitative estimate of drug-likeness (QED) is 0.724. The van der Waals surface area contributed by atoms with Crippen molar-refractivity contribution >= 4 is 5.95 Å². The highest BCUT2D eigenvalue weighted by molar-refractivity contribution is 5.32. The van der Waals surface area contributed by atoms with Crippen molar-refractivity contribution in [3.05, 3.63) is 24.4 Å². The largest absolute Gasteiger partial charge is 0.473 e. The predicted molar refractivity (Wildman–Crippen MR) is 56.6 cm³/mol. The Bertz CT molecular complexity index is 312. The van der Waals surface area contributed by atoms with Gasteiger partial charge in [0.2, 0.25) is 11.8 Å². The number of nitrogens with zero attached hydrogens (tertiary/aromatic N) is 2. The summed E-state index contributed by atoms with van der Waals surface area (Å²) in [7, 11) is 0. The van der Waals surface area contributed by atoms with E-state index in [1.807, 2.05) is 13.8 Å². The molecular weight excluding hydrogens is 178 g/mol. The smallest absolute Gasteiger partial charge is 0.225 e. The molecule has 76 valence electrons. The normalized spacial score (nSPS) is 9.57. The average Bonchev–Trinajstić information content (AvgIpc) is 2.19. The zero-order valence-electron chi connectivity index (χ0n) is 8.58. The maximum absolute atomic E-state index is 5.36. The van der Waals surface area contributed by atoms with Crippen LogP contribution in [0.1, 0.15) is 12.5 Å². The van der Waals surface area contributed by atoms with E-state index in [0.717, 1.165) is 12.1 Å². The van der Waals surface area contributed by atoms with Crippen molar-refractivity contribution in [3.8, 4) is 5.88 Å². The van der Waals surface area contributed by atoms with Crippen LogP contribution in [-0.2, 0) is 0 Å². The minimum Gasteiger partial charge on any atom is -0.473 e. The lowest BCUT2D eigenvalue weighted by molar-refractivity contribution is 0.345. The van der Waals surface area contributed by atoms with E-state index in [2.05, 4.69) is 21.9 Å². The fraction of sp³-hybridized carbons (Fsp3) is 0.400. The van der Waals surface area contributed by atoms with Crippen LogP contribution in [0.2, 0.25) is 0 Å². The van der Waals surface area contributed by atoms with E-state index in [-0.39, 0.29) is 0 Å². The Hall–Kier alpha value is -1.58. The van der Waals surface area contributed by atoms with Crippen molar-refractivity contribution in [1.82, 2.24) is 9.97 Å². The zero-order chi connectivity index (χ0) is 10.4. The Morgan fingerprint density at radius 1 is 1.64 bits per heavy atom. The van der Waals surface area contributed by atoms with Gasteiger partial charge in [-0.15, -0.1) is 0 Å². The van der Waals surface area contributed by atoms with Gasteiger partial charge < -0.3 is 10.1 Å². The first-order chi connectivity index (χ1) is 6.77. The van der Waals surface area contributed by atoms with E-state index in [1.54, 1.807) is 12.3 Å². The summed E-state index contributed by atoms with van der Waals surface area (Å²) < 4.78 is 5.36. The Morgan fingerprint density at radius 3 is 3.07 bits per heavy atom. The van der Waals surface area contributed by atoms with Gasteiger partial charge in [-0.25, -0.2) is 4.98 Å². The van der Waals surface area contributed by atoms with Crippen LogP contribution < -0.4 is 10.1 Å². The fourth-order valence-corrected chi connectivity index (χ4v) is 0.954. The zero-order valence-corrected chi connectivity index (χ0v) is 8.58. The average molecular weight is 193 g/mol. The summed E-state index contributed by atoms with van der Waals surface area (Å²) in [6.07, 6.45) is 3.43. The molecule has 0 aromatic carbocycles. The van der Waals surface area contributed by atoms with Gasteiger partial charge in [0.25, 0.3) is 0 Å². The Kier molecular flexibility index (Phi) is 3.91. The van der Waals surface area contributed by atoms with Crippen LogP contribution >= 0.6 is 0 Å². The summed E-state index contributed by atoms with van der Waals surface area (Å²) in [5.41, 5.74) is 0.925. The van der Waals surface area contributed by atoms with Crippen molar-refractivity contribution in [1.29, 1.82) is 0 Å². The standard InChI is InChI=1S/C10H15N3O/c1-4-6-14-9-8(3)7-12-10(13-9)11-5-2/h4,7H,1,5-6H2,2-3H3,(H,11,12,13). The molecule has 0 aliphatic carbocycles. The van der Waals surface area contributed by atoms with Crippen LogP contribution in [-0.4, -0.2) is 23.1 Å². The first-order valence-corrected chi connectivity index (χ1v) is 4.59. The van der Waals surface area contributed by atoms with Gasteiger partial charge in [-0.3, -0.25) is 0 Å². The van der Waals surface area contributed by atoms with E-state index < -0.39 is 0 Å². The molecule has 0 aliphatic rings. The number of ether oxygens (including phenoxy) is 1. The molecule has 0 amide bonds. The molecule has 1 aromatic heterocycles. The minimum absolute atomic E-state index is 0.462. The third-order valence-corrected chi connectivity index (χ3v) is 1.60. The number of anilines is 1. The Labute approximate surface area is 84.0 Å². The Morgan fingerprint density at radius 2 is 2.43 bits per heavy atom. The maximum Gasteiger partial charge on any atom is 0.225 e. The lowest BCUT2D eigenvalue weighted by atomic mass is 10.4. The van der Waals surface area contributed by atoms with E-state index in [1.165, 1.54) is 0 Å². The highest BCUT2D eigenvalue weighted by Gasteiger charge is 2.02. The van der Waals surface area contributed by atoms with Gasteiger partial charge in [0.1, 0.15) is 6.61 Å². The Balaban J connectivity index is 2.78.